The lowest BCUT2D eigenvalue weighted by atomic mass is 9.30. The molecule has 0 aromatic heterocycles. The van der Waals surface area contributed by atoms with Crippen LogP contribution in [0, 0.1) is 72.9 Å². The van der Waals surface area contributed by atoms with Gasteiger partial charge in [-0.3, -0.25) is 19.2 Å². The van der Waals surface area contributed by atoms with E-state index in [0.717, 1.165) is 12.8 Å². The van der Waals surface area contributed by atoms with Crippen LogP contribution in [0.3, 0.4) is 0 Å². The molecule has 5 aliphatic heterocycles. The van der Waals surface area contributed by atoms with E-state index in [0.29, 0.717) is 152 Å². The average Bonchev–Trinajstić information content (AvgIpc) is 1.63. The molecule has 87 heavy (non-hydrogen) atoms. The van der Waals surface area contributed by atoms with Crippen molar-refractivity contribution in [1.82, 2.24) is 0 Å². The minimum atomic E-state index is -2.18. The topological polar surface area (TPSA) is 389 Å². The number of fused-ring (bicyclic) bond motifs is 4. The number of rotatable bonds is 20. The highest BCUT2D eigenvalue weighted by Crippen LogP contribution is 2.82. The summed E-state index contributed by atoms with van der Waals surface area (Å²) in [5.41, 5.74) is 8.73. The lowest BCUT2D eigenvalue weighted by molar-refractivity contribution is -0.481. The number of hydrogen-bond acceptors (Lipinski definition) is 20. The molecule has 4 spiro atoms. The molecule has 486 valence electrons. The van der Waals surface area contributed by atoms with Crippen LogP contribution in [0.2, 0.25) is 0 Å². The summed E-state index contributed by atoms with van der Waals surface area (Å²) in [5.74, 6) is -5.84. The third-order valence-electron chi connectivity index (χ3n) is 24.5. The first kappa shape index (κ1) is 68.8. The van der Waals surface area contributed by atoms with Gasteiger partial charge in [0.05, 0.1) is 50.8 Å². The largest absolute Gasteiger partial charge is 0.392 e. The van der Waals surface area contributed by atoms with Crippen molar-refractivity contribution in [2.45, 2.75) is 219 Å². The Morgan fingerprint density at radius 3 is 1.38 bits per heavy atom. The van der Waals surface area contributed by atoms with E-state index in [-0.39, 0.29) is 35.5 Å². The number of carbonyl (C=O) groups is 4. The molecule has 8 bridgehead atoms. The van der Waals surface area contributed by atoms with Gasteiger partial charge in [-0.05, 0) is 128 Å². The number of Topliss-reactive ketones (excluding diaryl/α,β-unsaturated/α-hetero) is 4. The molecule has 24 nitrogen and oxygen atoms in total. The maximum atomic E-state index is 13.4. The van der Waals surface area contributed by atoms with Crippen molar-refractivity contribution in [3.8, 4) is 0 Å². The fourth-order valence-electron chi connectivity index (χ4n) is 19.0. The Kier molecular flexibility index (Phi) is 19.6. The molecule has 0 radical (unpaired) electrons. The van der Waals surface area contributed by atoms with Crippen LogP contribution in [0.15, 0.2) is 44.8 Å². The van der Waals surface area contributed by atoms with E-state index in [2.05, 4.69) is 85.0 Å². The van der Waals surface area contributed by atoms with E-state index < -0.39 is 116 Å². The summed E-state index contributed by atoms with van der Waals surface area (Å²) in [6.07, 6.45) is 3.65. The number of hydrogen-bond donors (Lipinski definition) is 8. The summed E-state index contributed by atoms with van der Waals surface area (Å²) in [4.78, 5) is 54.9. The van der Waals surface area contributed by atoms with Gasteiger partial charge in [0.15, 0.2) is 17.2 Å². The van der Waals surface area contributed by atoms with Crippen LogP contribution < -0.4 is 0 Å². The predicted molar refractivity (Wildman–Crippen MR) is 315 cm³/mol. The Morgan fingerprint density at radius 2 is 1.01 bits per heavy atom. The molecule has 8 N–H and O–H groups in total. The van der Waals surface area contributed by atoms with E-state index in [1.165, 1.54) is 0 Å². The number of nitrogens with zero attached hydrogens (tertiary/aromatic N) is 8. The van der Waals surface area contributed by atoms with E-state index in [4.69, 9.17) is 30.0 Å². The van der Waals surface area contributed by atoms with Crippen molar-refractivity contribution in [1.29, 1.82) is 0 Å². The number of carbonyl (C=O) groups excluding carboxylic acids is 4. The lowest BCUT2D eigenvalue weighted by Crippen LogP contribution is -2.88. The third-order valence-corrected chi connectivity index (χ3v) is 24.5. The fourth-order valence-corrected chi connectivity index (χ4v) is 19.0. The Balaban J connectivity index is 0.000000155. The van der Waals surface area contributed by atoms with Crippen molar-refractivity contribution in [3.63, 3.8) is 0 Å². The molecule has 0 aromatic rings. The highest BCUT2D eigenvalue weighted by atomic mass is 16.7. The second-order valence-corrected chi connectivity index (χ2v) is 29.2. The van der Waals surface area contributed by atoms with Crippen LogP contribution in [0.4, 0.5) is 0 Å². The SMILES string of the molecule is C=C1C(=O)C23C(CCC1[C@H]2O)[C@@]12CO[C@@]3(O)[C@@H](O)[C@]1(C)C(C)(C)CC[C@@H]2O.C=C1C(=O)C23C(CCC1[C@H]2O)[C@@]12CO[C@@]3(O)[C@@H](O)[C@]1(C)C(C)(C)CC[C@@H]2O.CC(C)CCC(=O)CCCOCCN=[N+]=[N-].CC1(CCC(=O)CCCOCCN=[N+]=[N-])N=N1. The standard InChI is InChI=1S/2C21H30O6.C11H21N3O2.C10H17N5O2/c2*1-10-11-5-6-12-19-9-27-21(26,20(12,14(10)23)15(11)24)16(25)18(19,4)17(2,3)8-7-13(19)22;1-10(2)5-6-11(15)4-3-8-16-9-7-13-14-12;1-10(13-14-10)5-4-9(16)3-2-7-17-8-6-12-15-11/h2*11-13,15-16,22,24-26H,1,5-9H2,2-4H3;10H,3-9H2,1-2H3;2-8H2,1H3/t2*11?,12?,13-,15+,16-,18+,19+,20?,21-;;/m00../s1. The fraction of sp³-hybridized carbons (Fsp3) is 0.873. The maximum Gasteiger partial charge on any atom is 0.208 e. The molecule has 0 amide bonds. The normalized spacial score (nSPS) is 42.7. The van der Waals surface area contributed by atoms with Crippen LogP contribution in [-0.2, 0) is 38.1 Å². The first-order valence-electron chi connectivity index (χ1n) is 31.6. The van der Waals surface area contributed by atoms with Gasteiger partial charge in [-0.1, -0.05) is 78.8 Å². The highest BCUT2D eigenvalue weighted by Gasteiger charge is 2.91. The zero-order chi connectivity index (χ0) is 64.4. The summed E-state index contributed by atoms with van der Waals surface area (Å²) in [6, 6.07) is 0. The van der Waals surface area contributed by atoms with Crippen LogP contribution in [0.5, 0.6) is 0 Å². The van der Waals surface area contributed by atoms with Gasteiger partial charge < -0.3 is 59.8 Å². The molecule has 13 aliphatic rings. The number of ether oxygens (including phenoxy) is 4. The van der Waals surface area contributed by atoms with Gasteiger partial charge in [-0.15, -0.1) is 0 Å². The van der Waals surface area contributed by atoms with Crippen LogP contribution in [0.25, 0.3) is 20.9 Å². The smallest absolute Gasteiger partial charge is 0.208 e. The van der Waals surface area contributed by atoms with Gasteiger partial charge in [0.2, 0.25) is 11.6 Å². The lowest BCUT2D eigenvalue weighted by Gasteiger charge is -2.78. The predicted octanol–water partition coefficient (Wildman–Crippen LogP) is 7.26. The Bertz CT molecular complexity index is 2670. The summed E-state index contributed by atoms with van der Waals surface area (Å²) >= 11 is 0. The minimum Gasteiger partial charge on any atom is -0.392 e. The molecule has 12 fully saturated rings. The second kappa shape index (κ2) is 24.8. The van der Waals surface area contributed by atoms with Crippen LogP contribution in [-0.4, -0.2) is 171 Å². The van der Waals surface area contributed by atoms with Crippen molar-refractivity contribution in [2.75, 3.05) is 52.7 Å². The molecule has 8 aliphatic carbocycles. The molecule has 24 heteroatoms. The van der Waals surface area contributed by atoms with Crippen molar-refractivity contribution < 1.29 is 79.0 Å². The first-order valence-corrected chi connectivity index (χ1v) is 31.6. The third kappa shape index (κ3) is 10.1. The molecule has 8 saturated carbocycles. The van der Waals surface area contributed by atoms with Crippen molar-refractivity contribution >= 4 is 23.1 Å². The molecule has 13 rings (SSSR count). The van der Waals surface area contributed by atoms with E-state index in [1.54, 1.807) is 0 Å². The Hall–Kier alpha value is -4.10. The van der Waals surface area contributed by atoms with E-state index in [9.17, 15) is 60.0 Å². The van der Waals surface area contributed by atoms with Gasteiger partial charge in [0.1, 0.15) is 34.6 Å². The summed E-state index contributed by atoms with van der Waals surface area (Å²) in [7, 11) is 0. The minimum absolute atomic E-state index is 0.0746. The summed E-state index contributed by atoms with van der Waals surface area (Å²) in [6.45, 7) is 28.8. The van der Waals surface area contributed by atoms with Crippen molar-refractivity contribution in [2.24, 2.45) is 93.4 Å². The second-order valence-electron chi connectivity index (χ2n) is 29.2. The molecular formula is C63H98N8O16. The quantitative estimate of drug-likeness (QED) is 0.0195. The van der Waals surface area contributed by atoms with E-state index >= 15 is 0 Å². The summed E-state index contributed by atoms with van der Waals surface area (Å²) in [5, 5.41) is 106. The van der Waals surface area contributed by atoms with Gasteiger partial charge in [-0.2, -0.15) is 10.2 Å². The van der Waals surface area contributed by atoms with Crippen LogP contribution in [0.1, 0.15) is 165 Å². The number of aliphatic hydroxyl groups is 8. The maximum absolute atomic E-state index is 13.4. The zero-order valence-corrected chi connectivity index (χ0v) is 52.7. The summed E-state index contributed by atoms with van der Waals surface area (Å²) < 4.78 is 22.1. The average molecular weight is 1220 g/mol. The first-order chi connectivity index (χ1) is 40.7. The van der Waals surface area contributed by atoms with Gasteiger partial charge in [0.25, 0.3) is 0 Å². The van der Waals surface area contributed by atoms with Gasteiger partial charge in [-0.25, -0.2) is 0 Å². The molecule has 5 heterocycles. The molecular weight excluding hydrogens is 1120 g/mol. The zero-order valence-electron chi connectivity index (χ0n) is 52.7. The monoisotopic (exact) mass is 1220 g/mol. The van der Waals surface area contributed by atoms with Gasteiger partial charge in [0, 0.05) is 102 Å². The molecule has 4 saturated heterocycles. The number of azide groups is 2. The highest BCUT2D eigenvalue weighted by molar-refractivity contribution is 6.06. The van der Waals surface area contributed by atoms with Gasteiger partial charge >= 0.3 is 0 Å². The van der Waals surface area contributed by atoms with E-state index in [1.807, 2.05) is 20.8 Å². The molecule has 0 aromatic carbocycles. The van der Waals surface area contributed by atoms with Crippen LogP contribution >= 0.6 is 0 Å². The Labute approximate surface area is 510 Å². The Morgan fingerprint density at radius 1 is 0.621 bits per heavy atom. The number of aliphatic hydroxyl groups excluding tert-OH is 6. The number of ketones is 4. The molecule has 18 atom stereocenters. The molecule has 6 unspecified atom stereocenters. The van der Waals surface area contributed by atoms with Crippen molar-refractivity contribution in [3.05, 3.63) is 45.2 Å².